The summed E-state index contributed by atoms with van der Waals surface area (Å²) in [5, 5.41) is 13.7. The fraction of sp³-hybridized carbons (Fsp3) is 0. The second-order valence-corrected chi connectivity index (χ2v) is 5.89. The van der Waals surface area contributed by atoms with Crippen molar-refractivity contribution in [3.05, 3.63) is 69.6 Å². The average Bonchev–Trinajstić information content (AvgIpc) is 2.98. The highest BCUT2D eigenvalue weighted by molar-refractivity contribution is 7.17. The second-order valence-electron chi connectivity index (χ2n) is 4.86. The Hall–Kier alpha value is -3.26. The monoisotopic (exact) mass is 340 g/mol. The van der Waals surface area contributed by atoms with Gasteiger partial charge < -0.3 is 11.1 Å². The molecule has 24 heavy (non-hydrogen) atoms. The molecular formula is C16H12N4O3S. The van der Waals surface area contributed by atoms with Crippen molar-refractivity contribution in [3.63, 3.8) is 0 Å². The van der Waals surface area contributed by atoms with Crippen LogP contribution in [0.2, 0.25) is 0 Å². The third-order valence-electron chi connectivity index (χ3n) is 3.21. The maximum absolute atomic E-state index is 12.5. The molecule has 0 bridgehead atoms. The number of nitro groups is 1. The van der Waals surface area contributed by atoms with E-state index < -0.39 is 10.8 Å². The van der Waals surface area contributed by atoms with Gasteiger partial charge in [0.1, 0.15) is 4.88 Å². The van der Waals surface area contributed by atoms with Crippen LogP contribution in [0.15, 0.2) is 54.6 Å². The van der Waals surface area contributed by atoms with Gasteiger partial charge in [0.2, 0.25) is 0 Å². The molecule has 0 radical (unpaired) electrons. The number of nitrogens with two attached hydrogens (primary N) is 1. The number of thiazole rings is 1. The molecule has 120 valence electrons. The average molecular weight is 340 g/mol. The summed E-state index contributed by atoms with van der Waals surface area (Å²) in [6.07, 6.45) is 0. The number of amides is 1. The van der Waals surface area contributed by atoms with E-state index in [0.717, 1.165) is 16.9 Å². The summed E-state index contributed by atoms with van der Waals surface area (Å²) in [5.74, 6) is -0.413. The standard InChI is InChI=1S/C16H12N4O3S/c17-16-19-13(10-5-2-1-3-6-10)14(24-16)15(21)18-11-7-4-8-12(9-11)20(22)23/h1-9H,(H2,17,19)(H,18,21). The predicted molar refractivity (Wildman–Crippen MR) is 93.0 cm³/mol. The number of rotatable bonds is 4. The Labute approximate surface area is 140 Å². The largest absolute Gasteiger partial charge is 0.375 e. The highest BCUT2D eigenvalue weighted by Crippen LogP contribution is 2.30. The zero-order valence-electron chi connectivity index (χ0n) is 12.3. The van der Waals surface area contributed by atoms with Crippen molar-refractivity contribution in [2.45, 2.75) is 0 Å². The van der Waals surface area contributed by atoms with Crippen LogP contribution < -0.4 is 11.1 Å². The van der Waals surface area contributed by atoms with Gasteiger partial charge in [0.15, 0.2) is 5.13 Å². The summed E-state index contributed by atoms with van der Waals surface area (Å²) in [5.41, 5.74) is 7.25. The molecule has 0 saturated heterocycles. The van der Waals surface area contributed by atoms with E-state index in [1.165, 1.54) is 18.2 Å². The van der Waals surface area contributed by atoms with Crippen LogP contribution in [-0.4, -0.2) is 15.8 Å². The molecule has 8 heteroatoms. The number of carbonyl (C=O) groups is 1. The molecule has 3 rings (SSSR count). The van der Waals surface area contributed by atoms with E-state index in [2.05, 4.69) is 10.3 Å². The molecule has 0 atom stereocenters. The van der Waals surface area contributed by atoms with Crippen LogP contribution in [0.3, 0.4) is 0 Å². The smallest absolute Gasteiger partial charge is 0.271 e. The molecule has 0 unspecified atom stereocenters. The van der Waals surface area contributed by atoms with Gasteiger partial charge in [0.05, 0.1) is 10.6 Å². The molecule has 0 aliphatic rings. The zero-order chi connectivity index (χ0) is 17.1. The first-order valence-electron chi connectivity index (χ1n) is 6.92. The predicted octanol–water partition coefficient (Wildman–Crippen LogP) is 3.55. The molecule has 0 fully saturated rings. The van der Waals surface area contributed by atoms with Crippen molar-refractivity contribution >= 4 is 33.8 Å². The number of nitrogens with zero attached hydrogens (tertiary/aromatic N) is 2. The minimum Gasteiger partial charge on any atom is -0.375 e. The summed E-state index contributed by atoms with van der Waals surface area (Å²) < 4.78 is 0. The molecule has 1 aromatic heterocycles. The molecule has 7 nitrogen and oxygen atoms in total. The first-order chi connectivity index (χ1) is 11.5. The van der Waals surface area contributed by atoms with Gasteiger partial charge in [0.25, 0.3) is 11.6 Å². The second kappa shape index (κ2) is 6.47. The number of nitro benzene ring substituents is 1. The number of nitrogen functional groups attached to an aromatic ring is 1. The number of non-ortho nitro benzene ring substituents is 1. The molecule has 0 spiro atoms. The Morgan fingerprint density at radius 3 is 2.62 bits per heavy atom. The maximum atomic E-state index is 12.5. The first kappa shape index (κ1) is 15.6. The van der Waals surface area contributed by atoms with Crippen molar-refractivity contribution in [1.29, 1.82) is 0 Å². The van der Waals surface area contributed by atoms with Gasteiger partial charge in [0, 0.05) is 23.4 Å². The van der Waals surface area contributed by atoms with Crippen LogP contribution in [0.5, 0.6) is 0 Å². The Balaban J connectivity index is 1.91. The summed E-state index contributed by atoms with van der Waals surface area (Å²) >= 11 is 1.07. The summed E-state index contributed by atoms with van der Waals surface area (Å²) in [4.78, 5) is 27.4. The molecule has 3 aromatic rings. The molecule has 3 N–H and O–H groups in total. The van der Waals surface area contributed by atoms with Crippen molar-refractivity contribution < 1.29 is 9.72 Å². The number of anilines is 2. The number of hydrogen-bond acceptors (Lipinski definition) is 6. The van der Waals surface area contributed by atoms with Crippen molar-refractivity contribution in [3.8, 4) is 11.3 Å². The molecule has 0 aliphatic carbocycles. The van der Waals surface area contributed by atoms with Gasteiger partial charge in [-0.15, -0.1) is 0 Å². The molecule has 0 saturated carbocycles. The minimum atomic E-state index is -0.518. The molecule has 1 heterocycles. The SMILES string of the molecule is Nc1nc(-c2ccccc2)c(C(=O)Nc2cccc([N+](=O)[O-])c2)s1. The van der Waals surface area contributed by atoms with Gasteiger partial charge in [-0.3, -0.25) is 14.9 Å². The van der Waals surface area contributed by atoms with Crippen molar-refractivity contribution in [1.82, 2.24) is 4.98 Å². The fourth-order valence-electron chi connectivity index (χ4n) is 2.17. The van der Waals surface area contributed by atoms with Crippen LogP contribution in [0.4, 0.5) is 16.5 Å². The van der Waals surface area contributed by atoms with Gasteiger partial charge in [-0.2, -0.15) is 0 Å². The first-order valence-corrected chi connectivity index (χ1v) is 7.74. The lowest BCUT2D eigenvalue weighted by Crippen LogP contribution is -2.11. The number of carbonyl (C=O) groups excluding carboxylic acids is 1. The zero-order valence-corrected chi connectivity index (χ0v) is 13.1. The minimum absolute atomic E-state index is 0.0973. The van der Waals surface area contributed by atoms with E-state index in [9.17, 15) is 14.9 Å². The Bertz CT molecular complexity index is 909. The number of nitrogens with one attached hydrogen (secondary N) is 1. The van der Waals surface area contributed by atoms with Gasteiger partial charge in [-0.1, -0.05) is 47.7 Å². The number of benzene rings is 2. The molecule has 0 aliphatic heterocycles. The lowest BCUT2D eigenvalue weighted by Gasteiger charge is -2.05. The quantitative estimate of drug-likeness (QED) is 0.557. The summed E-state index contributed by atoms with van der Waals surface area (Å²) in [7, 11) is 0. The molecular weight excluding hydrogens is 328 g/mol. The van der Waals surface area contributed by atoms with Gasteiger partial charge in [-0.05, 0) is 6.07 Å². The van der Waals surface area contributed by atoms with Crippen LogP contribution in [-0.2, 0) is 0 Å². The Morgan fingerprint density at radius 2 is 1.92 bits per heavy atom. The van der Waals surface area contributed by atoms with Crippen LogP contribution in [0.25, 0.3) is 11.3 Å². The van der Waals surface area contributed by atoms with E-state index in [-0.39, 0.29) is 10.8 Å². The van der Waals surface area contributed by atoms with E-state index in [0.29, 0.717) is 16.3 Å². The van der Waals surface area contributed by atoms with E-state index >= 15 is 0 Å². The molecule has 1 amide bonds. The fourth-order valence-corrected chi connectivity index (χ4v) is 2.92. The van der Waals surface area contributed by atoms with Crippen LogP contribution in [0, 0.1) is 10.1 Å². The number of aromatic nitrogens is 1. The van der Waals surface area contributed by atoms with E-state index in [1.807, 2.05) is 30.3 Å². The highest BCUT2D eigenvalue weighted by Gasteiger charge is 2.19. The lowest BCUT2D eigenvalue weighted by atomic mass is 10.1. The highest BCUT2D eigenvalue weighted by atomic mass is 32.1. The number of hydrogen-bond donors (Lipinski definition) is 2. The summed E-state index contributed by atoms with van der Waals surface area (Å²) in [6, 6.07) is 14.9. The lowest BCUT2D eigenvalue weighted by molar-refractivity contribution is -0.384. The van der Waals surface area contributed by atoms with Crippen molar-refractivity contribution in [2.75, 3.05) is 11.1 Å². The molecule has 2 aromatic carbocycles. The van der Waals surface area contributed by atoms with Gasteiger partial charge in [-0.25, -0.2) is 4.98 Å². The van der Waals surface area contributed by atoms with Crippen LogP contribution >= 0.6 is 11.3 Å². The van der Waals surface area contributed by atoms with E-state index in [4.69, 9.17) is 5.73 Å². The maximum Gasteiger partial charge on any atom is 0.271 e. The van der Waals surface area contributed by atoms with E-state index in [1.54, 1.807) is 6.07 Å². The Morgan fingerprint density at radius 1 is 1.17 bits per heavy atom. The van der Waals surface area contributed by atoms with Crippen LogP contribution in [0.1, 0.15) is 9.67 Å². The third-order valence-corrected chi connectivity index (χ3v) is 4.10. The Kier molecular flexibility index (Phi) is 4.21. The topological polar surface area (TPSA) is 111 Å². The third kappa shape index (κ3) is 3.23. The van der Waals surface area contributed by atoms with Gasteiger partial charge >= 0.3 is 0 Å². The normalized spacial score (nSPS) is 10.3. The van der Waals surface area contributed by atoms with Crippen molar-refractivity contribution in [2.24, 2.45) is 0 Å². The summed E-state index contributed by atoms with van der Waals surface area (Å²) in [6.45, 7) is 0.